The molecule has 1 aromatic carbocycles. The second kappa shape index (κ2) is 7.48. The Morgan fingerprint density at radius 1 is 1.14 bits per heavy atom. The molecule has 0 atom stereocenters. The average molecular weight is 311 g/mol. The number of carbonyl (C=O) groups is 1. The number of hydrogen-bond donors (Lipinski definition) is 2. The third kappa shape index (κ3) is 3.57. The maximum atomic E-state index is 12.2. The standard InChI is InChI=1S/C16H22N2O2.ClH/c1-5-17-8-9-18-16(19)15-12(4)13-10(2)6-7-11(3)14(13)20-15;/h6-7,17H,5,8-9H2,1-4H3,(H,18,19);1H. The van der Waals surface area contributed by atoms with Crippen LogP contribution in [0.4, 0.5) is 0 Å². The van der Waals surface area contributed by atoms with Crippen molar-refractivity contribution in [3.05, 3.63) is 34.6 Å². The van der Waals surface area contributed by atoms with E-state index in [-0.39, 0.29) is 18.3 Å². The summed E-state index contributed by atoms with van der Waals surface area (Å²) in [5, 5.41) is 7.11. The van der Waals surface area contributed by atoms with Crippen molar-refractivity contribution in [3.63, 3.8) is 0 Å². The lowest BCUT2D eigenvalue weighted by Gasteiger charge is -2.04. The highest BCUT2D eigenvalue weighted by Gasteiger charge is 2.19. The third-order valence-corrected chi connectivity index (χ3v) is 3.53. The Bertz CT molecular complexity index is 635. The Morgan fingerprint density at radius 2 is 1.81 bits per heavy atom. The van der Waals surface area contributed by atoms with Gasteiger partial charge in [0.15, 0.2) is 5.76 Å². The van der Waals surface area contributed by atoms with Gasteiger partial charge >= 0.3 is 0 Å². The van der Waals surface area contributed by atoms with Gasteiger partial charge in [0.1, 0.15) is 5.58 Å². The summed E-state index contributed by atoms with van der Waals surface area (Å²) in [4.78, 5) is 12.2. The first-order valence-electron chi connectivity index (χ1n) is 7.04. The fourth-order valence-corrected chi connectivity index (χ4v) is 2.41. The summed E-state index contributed by atoms with van der Waals surface area (Å²) in [5.74, 6) is 0.282. The fourth-order valence-electron chi connectivity index (χ4n) is 2.41. The number of fused-ring (bicyclic) bond motifs is 1. The van der Waals surface area contributed by atoms with Crippen molar-refractivity contribution in [1.82, 2.24) is 10.6 Å². The maximum absolute atomic E-state index is 12.2. The first kappa shape index (κ1) is 17.5. The molecule has 1 aromatic heterocycles. The predicted molar refractivity (Wildman–Crippen MR) is 88.5 cm³/mol. The zero-order valence-electron chi connectivity index (χ0n) is 13.0. The van der Waals surface area contributed by atoms with Gasteiger partial charge in [-0.15, -0.1) is 12.4 Å². The molecule has 0 aliphatic rings. The number of amides is 1. The number of nitrogens with one attached hydrogen (secondary N) is 2. The number of benzene rings is 1. The topological polar surface area (TPSA) is 54.3 Å². The summed E-state index contributed by atoms with van der Waals surface area (Å²) < 4.78 is 5.80. The Hall–Kier alpha value is -1.52. The minimum atomic E-state index is -0.143. The number of rotatable bonds is 5. The molecule has 0 saturated carbocycles. The first-order chi connectivity index (χ1) is 9.56. The van der Waals surface area contributed by atoms with E-state index in [4.69, 9.17) is 4.42 Å². The molecule has 1 amide bonds. The van der Waals surface area contributed by atoms with E-state index in [1.165, 1.54) is 0 Å². The van der Waals surface area contributed by atoms with Crippen molar-refractivity contribution in [1.29, 1.82) is 0 Å². The lowest BCUT2D eigenvalue weighted by Crippen LogP contribution is -2.31. The summed E-state index contributed by atoms with van der Waals surface area (Å²) in [6, 6.07) is 4.08. The molecular weight excluding hydrogens is 288 g/mol. The largest absolute Gasteiger partial charge is 0.450 e. The van der Waals surface area contributed by atoms with E-state index in [2.05, 4.69) is 16.7 Å². The van der Waals surface area contributed by atoms with Crippen molar-refractivity contribution in [2.24, 2.45) is 0 Å². The molecule has 21 heavy (non-hydrogen) atoms. The number of likely N-dealkylation sites (N-methyl/N-ethyl adjacent to an activating group) is 1. The summed E-state index contributed by atoms with van der Waals surface area (Å²) in [6.07, 6.45) is 0. The highest BCUT2D eigenvalue weighted by atomic mass is 35.5. The van der Waals surface area contributed by atoms with Crippen molar-refractivity contribution < 1.29 is 9.21 Å². The molecule has 0 saturated heterocycles. The molecule has 1 heterocycles. The van der Waals surface area contributed by atoms with Crippen molar-refractivity contribution in [2.45, 2.75) is 27.7 Å². The van der Waals surface area contributed by atoms with E-state index in [1.54, 1.807) is 0 Å². The highest BCUT2D eigenvalue weighted by molar-refractivity contribution is 6.00. The maximum Gasteiger partial charge on any atom is 0.287 e. The molecule has 0 aliphatic heterocycles. The van der Waals surface area contributed by atoms with E-state index in [0.29, 0.717) is 12.3 Å². The highest BCUT2D eigenvalue weighted by Crippen LogP contribution is 2.30. The van der Waals surface area contributed by atoms with Crippen LogP contribution in [0.5, 0.6) is 0 Å². The molecule has 0 radical (unpaired) electrons. The Labute approximate surface area is 131 Å². The predicted octanol–water partition coefficient (Wildman–Crippen LogP) is 3.12. The minimum absolute atomic E-state index is 0. The molecule has 0 fully saturated rings. The summed E-state index contributed by atoms with van der Waals surface area (Å²) in [6.45, 7) is 10.3. The van der Waals surface area contributed by atoms with Crippen LogP contribution in [0, 0.1) is 20.8 Å². The molecule has 4 nitrogen and oxygen atoms in total. The van der Waals surface area contributed by atoms with Gasteiger partial charge in [0.25, 0.3) is 5.91 Å². The van der Waals surface area contributed by atoms with Crippen LogP contribution in [0.25, 0.3) is 11.0 Å². The van der Waals surface area contributed by atoms with Gasteiger partial charge in [-0.2, -0.15) is 0 Å². The molecule has 2 aromatic rings. The second-order valence-corrected chi connectivity index (χ2v) is 5.07. The molecule has 5 heteroatoms. The SMILES string of the molecule is CCNCCNC(=O)c1oc2c(C)ccc(C)c2c1C.Cl. The lowest BCUT2D eigenvalue weighted by atomic mass is 10.0. The smallest absolute Gasteiger partial charge is 0.287 e. The van der Waals surface area contributed by atoms with Gasteiger partial charge in [-0.3, -0.25) is 4.79 Å². The van der Waals surface area contributed by atoms with Crippen LogP contribution in [0.2, 0.25) is 0 Å². The third-order valence-electron chi connectivity index (χ3n) is 3.53. The van der Waals surface area contributed by atoms with Gasteiger partial charge in [-0.25, -0.2) is 0 Å². The molecule has 0 spiro atoms. The van der Waals surface area contributed by atoms with E-state index in [0.717, 1.165) is 40.7 Å². The normalized spacial score (nSPS) is 10.5. The minimum Gasteiger partial charge on any atom is -0.450 e. The zero-order valence-corrected chi connectivity index (χ0v) is 13.8. The lowest BCUT2D eigenvalue weighted by molar-refractivity contribution is 0.0927. The van der Waals surface area contributed by atoms with Crippen LogP contribution in [0.3, 0.4) is 0 Å². The number of furan rings is 1. The number of hydrogen-bond acceptors (Lipinski definition) is 3. The van der Waals surface area contributed by atoms with Crippen LogP contribution >= 0.6 is 12.4 Å². The molecule has 0 bridgehead atoms. The van der Waals surface area contributed by atoms with Crippen molar-refractivity contribution in [2.75, 3.05) is 19.6 Å². The Morgan fingerprint density at radius 3 is 2.43 bits per heavy atom. The molecular formula is C16H23ClN2O2. The quantitative estimate of drug-likeness (QED) is 0.834. The van der Waals surface area contributed by atoms with Gasteiger partial charge in [0.2, 0.25) is 0 Å². The number of halogens is 1. The Balaban J connectivity index is 0.00000220. The fraction of sp³-hybridized carbons (Fsp3) is 0.438. The number of aryl methyl sites for hydroxylation is 3. The Kier molecular flexibility index (Phi) is 6.24. The van der Waals surface area contributed by atoms with E-state index < -0.39 is 0 Å². The molecule has 2 N–H and O–H groups in total. The van der Waals surface area contributed by atoms with Gasteiger partial charge in [-0.05, 0) is 38.4 Å². The van der Waals surface area contributed by atoms with Gasteiger partial charge in [0.05, 0.1) is 0 Å². The van der Waals surface area contributed by atoms with Crippen LogP contribution < -0.4 is 10.6 Å². The van der Waals surface area contributed by atoms with Crippen LogP contribution in [0.1, 0.15) is 34.2 Å². The van der Waals surface area contributed by atoms with Gasteiger partial charge < -0.3 is 15.1 Å². The molecule has 0 aliphatic carbocycles. The monoisotopic (exact) mass is 310 g/mol. The van der Waals surface area contributed by atoms with Crippen molar-refractivity contribution >= 4 is 29.3 Å². The summed E-state index contributed by atoms with van der Waals surface area (Å²) in [5.41, 5.74) is 3.93. The molecule has 116 valence electrons. The van der Waals surface area contributed by atoms with E-state index in [9.17, 15) is 4.79 Å². The molecule has 0 unspecified atom stereocenters. The second-order valence-electron chi connectivity index (χ2n) is 5.07. The number of carbonyl (C=O) groups excluding carboxylic acids is 1. The average Bonchev–Trinajstić information content (AvgIpc) is 2.78. The van der Waals surface area contributed by atoms with Crippen LogP contribution in [0.15, 0.2) is 16.5 Å². The van der Waals surface area contributed by atoms with Crippen LogP contribution in [-0.4, -0.2) is 25.5 Å². The first-order valence-corrected chi connectivity index (χ1v) is 7.04. The van der Waals surface area contributed by atoms with E-state index in [1.807, 2.05) is 33.8 Å². The summed E-state index contributed by atoms with van der Waals surface area (Å²) >= 11 is 0. The van der Waals surface area contributed by atoms with E-state index >= 15 is 0 Å². The zero-order chi connectivity index (χ0) is 14.7. The van der Waals surface area contributed by atoms with Gasteiger partial charge in [0, 0.05) is 24.0 Å². The van der Waals surface area contributed by atoms with Gasteiger partial charge in [-0.1, -0.05) is 19.1 Å². The van der Waals surface area contributed by atoms with Crippen molar-refractivity contribution in [3.8, 4) is 0 Å². The van der Waals surface area contributed by atoms with Crippen LogP contribution in [-0.2, 0) is 0 Å². The summed E-state index contributed by atoms with van der Waals surface area (Å²) in [7, 11) is 0. The molecule has 2 rings (SSSR count).